The number of thiophene rings is 1. The molecule has 0 spiro atoms. The van der Waals surface area contributed by atoms with Gasteiger partial charge in [0, 0.05) is 29.3 Å². The molecule has 1 aromatic heterocycles. The normalized spacial score (nSPS) is 12.7. The number of amides is 1. The van der Waals surface area contributed by atoms with Gasteiger partial charge in [-0.25, -0.2) is 0 Å². The van der Waals surface area contributed by atoms with Crippen LogP contribution in [0.25, 0.3) is 0 Å². The van der Waals surface area contributed by atoms with Gasteiger partial charge < -0.3 is 11.1 Å². The molecule has 17 heavy (non-hydrogen) atoms. The summed E-state index contributed by atoms with van der Waals surface area (Å²) in [5.74, 6) is 0.0274. The van der Waals surface area contributed by atoms with E-state index in [2.05, 4.69) is 30.6 Å². The third-order valence-electron chi connectivity index (χ3n) is 2.42. The topological polar surface area (TPSA) is 55.1 Å². The van der Waals surface area contributed by atoms with Crippen molar-refractivity contribution in [3.63, 3.8) is 0 Å². The number of carbonyl (C=O) groups is 1. The van der Waals surface area contributed by atoms with Crippen molar-refractivity contribution in [3.05, 3.63) is 22.4 Å². The van der Waals surface area contributed by atoms with Gasteiger partial charge in [0.25, 0.3) is 0 Å². The van der Waals surface area contributed by atoms with Crippen molar-refractivity contribution in [2.75, 3.05) is 6.54 Å². The maximum Gasteiger partial charge on any atom is 0.221 e. The summed E-state index contributed by atoms with van der Waals surface area (Å²) in [6.45, 7) is 6.75. The molecular formula is C12H21ClN2OS. The van der Waals surface area contributed by atoms with Crippen molar-refractivity contribution >= 4 is 29.7 Å². The Kier molecular flexibility index (Phi) is 6.75. The maximum absolute atomic E-state index is 11.5. The summed E-state index contributed by atoms with van der Waals surface area (Å²) in [6, 6.07) is 4.05. The Bertz CT molecular complexity index is 336. The molecule has 1 rings (SSSR count). The van der Waals surface area contributed by atoms with Gasteiger partial charge in [-0.1, -0.05) is 19.9 Å². The molecule has 3 nitrogen and oxygen atoms in total. The maximum atomic E-state index is 11.5. The second kappa shape index (κ2) is 6.99. The molecule has 1 heterocycles. The first-order valence-corrected chi connectivity index (χ1v) is 6.36. The summed E-state index contributed by atoms with van der Waals surface area (Å²) in [7, 11) is 0. The van der Waals surface area contributed by atoms with Crippen molar-refractivity contribution in [1.29, 1.82) is 0 Å². The van der Waals surface area contributed by atoms with Crippen molar-refractivity contribution in [3.8, 4) is 0 Å². The molecule has 98 valence electrons. The first-order chi connectivity index (χ1) is 7.42. The summed E-state index contributed by atoms with van der Waals surface area (Å²) in [6.07, 6.45) is 0.389. The number of carbonyl (C=O) groups excluding carboxylic acids is 1. The first kappa shape index (κ1) is 16.4. The molecule has 0 bridgehead atoms. The highest BCUT2D eigenvalue weighted by Gasteiger charge is 2.22. The molecule has 0 aliphatic heterocycles. The zero-order chi connectivity index (χ0) is 12.2. The lowest BCUT2D eigenvalue weighted by molar-refractivity contribution is -0.121. The Labute approximate surface area is 113 Å². The van der Waals surface area contributed by atoms with Gasteiger partial charge >= 0.3 is 0 Å². The lowest BCUT2D eigenvalue weighted by atomic mass is 9.91. The Morgan fingerprint density at radius 3 is 2.71 bits per heavy atom. The van der Waals surface area contributed by atoms with E-state index in [0.717, 1.165) is 0 Å². The number of nitrogens with two attached hydrogens (primary N) is 1. The summed E-state index contributed by atoms with van der Waals surface area (Å²) in [5, 5.41) is 4.99. The van der Waals surface area contributed by atoms with Gasteiger partial charge in [-0.05, 0) is 18.4 Å². The van der Waals surface area contributed by atoms with Crippen LogP contribution in [0, 0.1) is 0 Å². The van der Waals surface area contributed by atoms with Crippen LogP contribution in [-0.4, -0.2) is 18.5 Å². The molecule has 1 unspecified atom stereocenters. The standard InChI is InChI=1S/C12H20N2OS.ClH/c1-9(13)7-11(15)14-8-12(2,3)10-5-4-6-16-10;/h4-6,9H,7-8,13H2,1-3H3,(H,14,15);1H. The summed E-state index contributed by atoms with van der Waals surface area (Å²) in [4.78, 5) is 12.8. The molecule has 1 amide bonds. The lowest BCUT2D eigenvalue weighted by Crippen LogP contribution is -2.38. The molecule has 0 aliphatic carbocycles. The highest BCUT2D eigenvalue weighted by molar-refractivity contribution is 7.10. The Morgan fingerprint density at radius 2 is 2.24 bits per heavy atom. The van der Waals surface area contributed by atoms with E-state index in [1.54, 1.807) is 11.3 Å². The van der Waals surface area contributed by atoms with Crippen molar-refractivity contribution in [1.82, 2.24) is 5.32 Å². The fraction of sp³-hybridized carbons (Fsp3) is 0.583. The molecule has 0 radical (unpaired) electrons. The first-order valence-electron chi connectivity index (χ1n) is 5.48. The van der Waals surface area contributed by atoms with Gasteiger partial charge in [0.1, 0.15) is 0 Å². The summed E-state index contributed by atoms with van der Waals surface area (Å²) >= 11 is 1.72. The molecule has 1 aromatic rings. The lowest BCUT2D eigenvalue weighted by Gasteiger charge is -2.23. The number of halogens is 1. The molecule has 0 saturated carbocycles. The minimum absolute atomic E-state index is 0. The summed E-state index contributed by atoms with van der Waals surface area (Å²) < 4.78 is 0. The van der Waals surface area contributed by atoms with E-state index >= 15 is 0 Å². The van der Waals surface area contributed by atoms with Crippen LogP contribution >= 0.6 is 23.7 Å². The highest BCUT2D eigenvalue weighted by atomic mass is 35.5. The second-order valence-electron chi connectivity index (χ2n) is 4.82. The number of nitrogens with one attached hydrogen (secondary N) is 1. The fourth-order valence-corrected chi connectivity index (χ4v) is 2.29. The van der Waals surface area contributed by atoms with E-state index < -0.39 is 0 Å². The van der Waals surface area contributed by atoms with E-state index in [-0.39, 0.29) is 29.8 Å². The number of rotatable bonds is 5. The monoisotopic (exact) mass is 276 g/mol. The van der Waals surface area contributed by atoms with Gasteiger partial charge in [0.15, 0.2) is 0 Å². The zero-order valence-corrected chi connectivity index (χ0v) is 12.2. The van der Waals surface area contributed by atoms with Crippen LogP contribution in [-0.2, 0) is 10.2 Å². The van der Waals surface area contributed by atoms with E-state index in [0.29, 0.717) is 13.0 Å². The van der Waals surface area contributed by atoms with Gasteiger partial charge in [0.05, 0.1) is 0 Å². The van der Waals surface area contributed by atoms with E-state index in [1.807, 2.05) is 13.0 Å². The quantitative estimate of drug-likeness (QED) is 0.867. The Hall–Kier alpha value is -0.580. The van der Waals surface area contributed by atoms with Crippen molar-refractivity contribution < 1.29 is 4.79 Å². The van der Waals surface area contributed by atoms with Crippen LogP contribution < -0.4 is 11.1 Å². The van der Waals surface area contributed by atoms with Crippen molar-refractivity contribution in [2.24, 2.45) is 5.73 Å². The predicted octanol–water partition coefficient (Wildman–Crippen LogP) is 2.30. The van der Waals surface area contributed by atoms with Gasteiger partial charge in [-0.3, -0.25) is 4.79 Å². The molecule has 0 fully saturated rings. The van der Waals surface area contributed by atoms with E-state index in [4.69, 9.17) is 5.73 Å². The largest absolute Gasteiger partial charge is 0.355 e. The van der Waals surface area contributed by atoms with Gasteiger partial charge in [-0.2, -0.15) is 0 Å². The van der Waals surface area contributed by atoms with Crippen LogP contribution in [0.4, 0.5) is 0 Å². The third-order valence-corrected chi connectivity index (χ3v) is 3.66. The molecule has 0 saturated heterocycles. The van der Waals surface area contributed by atoms with Crippen LogP contribution in [0.3, 0.4) is 0 Å². The molecular weight excluding hydrogens is 256 g/mol. The van der Waals surface area contributed by atoms with Crippen molar-refractivity contribution in [2.45, 2.75) is 38.6 Å². The average Bonchev–Trinajstić information content (AvgIpc) is 2.67. The Balaban J connectivity index is 0.00000256. The van der Waals surface area contributed by atoms with Gasteiger partial charge in [-0.15, -0.1) is 23.7 Å². The minimum Gasteiger partial charge on any atom is -0.355 e. The van der Waals surface area contributed by atoms with Crippen LogP contribution in [0.5, 0.6) is 0 Å². The zero-order valence-electron chi connectivity index (χ0n) is 10.5. The molecule has 0 aromatic carbocycles. The average molecular weight is 277 g/mol. The number of hydrogen-bond donors (Lipinski definition) is 2. The number of hydrogen-bond acceptors (Lipinski definition) is 3. The van der Waals surface area contributed by atoms with E-state index in [1.165, 1.54) is 4.88 Å². The molecule has 5 heteroatoms. The van der Waals surface area contributed by atoms with Crippen LogP contribution in [0.2, 0.25) is 0 Å². The second-order valence-corrected chi connectivity index (χ2v) is 5.77. The molecule has 3 N–H and O–H groups in total. The molecule has 1 atom stereocenters. The smallest absolute Gasteiger partial charge is 0.221 e. The summed E-state index contributed by atoms with van der Waals surface area (Å²) in [5.41, 5.74) is 5.56. The van der Waals surface area contributed by atoms with Crippen LogP contribution in [0.1, 0.15) is 32.1 Å². The van der Waals surface area contributed by atoms with E-state index in [9.17, 15) is 4.79 Å². The Morgan fingerprint density at radius 1 is 1.59 bits per heavy atom. The molecule has 0 aliphatic rings. The fourth-order valence-electron chi connectivity index (χ4n) is 1.43. The predicted molar refractivity (Wildman–Crippen MR) is 75.9 cm³/mol. The van der Waals surface area contributed by atoms with Crippen LogP contribution in [0.15, 0.2) is 17.5 Å². The highest BCUT2D eigenvalue weighted by Crippen LogP contribution is 2.26. The minimum atomic E-state index is -0.0788. The third kappa shape index (κ3) is 5.52. The SMILES string of the molecule is CC(N)CC(=O)NCC(C)(C)c1cccs1.Cl. The van der Waals surface area contributed by atoms with Gasteiger partial charge in [0.2, 0.25) is 5.91 Å².